The van der Waals surface area contributed by atoms with Crippen molar-refractivity contribution < 1.29 is 0 Å². The van der Waals surface area contributed by atoms with Gasteiger partial charge in [0, 0.05) is 0 Å². The molecule has 2 aromatic rings. The van der Waals surface area contributed by atoms with Gasteiger partial charge in [0.15, 0.2) is 0 Å². The molecule has 2 aliphatic rings. The first-order valence-electron chi connectivity index (χ1n) is 8.44. The third kappa shape index (κ3) is 1.66. The highest BCUT2D eigenvalue weighted by atomic mass is 14.5. The maximum absolute atomic E-state index is 4.14. The van der Waals surface area contributed by atoms with Gasteiger partial charge in [0.1, 0.15) is 0 Å². The van der Waals surface area contributed by atoms with Crippen molar-refractivity contribution in [2.75, 3.05) is 0 Å². The second-order valence-electron chi connectivity index (χ2n) is 6.31. The smallest absolute Gasteiger partial charge is 0.0725 e. The standard InChI is InChI=1S/C25H20/c1-5-17-18(6-2)22(8-4)25(21(17)7-3)23-15-11-9-13-19(23)20-14-10-12-16-24(20)25/h5-16H,1-4H2. The zero-order valence-corrected chi connectivity index (χ0v) is 14.3. The molecule has 1 spiro atoms. The van der Waals surface area contributed by atoms with Gasteiger partial charge in [-0.05, 0) is 44.5 Å². The fraction of sp³-hybridized carbons (Fsp3) is 0.0400. The minimum absolute atomic E-state index is 0.385. The van der Waals surface area contributed by atoms with Crippen LogP contribution in [0.3, 0.4) is 0 Å². The van der Waals surface area contributed by atoms with E-state index in [1.54, 1.807) is 0 Å². The molecular formula is C25H20. The number of allylic oxidation sites excluding steroid dienone is 8. The Hall–Kier alpha value is -3.12. The lowest BCUT2D eigenvalue weighted by Gasteiger charge is -2.32. The van der Waals surface area contributed by atoms with Crippen LogP contribution in [0.2, 0.25) is 0 Å². The molecular weight excluding hydrogens is 300 g/mol. The van der Waals surface area contributed by atoms with Crippen molar-refractivity contribution >= 4 is 0 Å². The highest BCUT2D eigenvalue weighted by Gasteiger charge is 2.51. The van der Waals surface area contributed by atoms with E-state index in [0.717, 1.165) is 22.3 Å². The molecule has 0 fully saturated rings. The average molecular weight is 320 g/mol. The van der Waals surface area contributed by atoms with Crippen LogP contribution in [-0.2, 0) is 5.41 Å². The zero-order chi connectivity index (χ0) is 17.6. The van der Waals surface area contributed by atoms with Crippen LogP contribution in [0.15, 0.2) is 121 Å². The van der Waals surface area contributed by atoms with Crippen molar-refractivity contribution in [2.45, 2.75) is 5.41 Å². The first kappa shape index (κ1) is 15.4. The normalized spacial score (nSPS) is 16.6. The van der Waals surface area contributed by atoms with Crippen LogP contribution in [-0.4, -0.2) is 0 Å². The molecule has 0 aromatic heterocycles. The summed E-state index contributed by atoms with van der Waals surface area (Å²) in [5.41, 5.74) is 9.20. The van der Waals surface area contributed by atoms with Crippen molar-refractivity contribution in [1.82, 2.24) is 0 Å². The van der Waals surface area contributed by atoms with Crippen molar-refractivity contribution in [3.63, 3.8) is 0 Å². The van der Waals surface area contributed by atoms with E-state index in [0.29, 0.717) is 0 Å². The van der Waals surface area contributed by atoms with Gasteiger partial charge in [0.25, 0.3) is 0 Å². The summed E-state index contributed by atoms with van der Waals surface area (Å²) in [6, 6.07) is 17.2. The largest absolute Gasteiger partial charge is 0.0987 e. The topological polar surface area (TPSA) is 0 Å². The maximum atomic E-state index is 4.14. The summed E-state index contributed by atoms with van der Waals surface area (Å²) in [4.78, 5) is 0. The lowest BCUT2D eigenvalue weighted by Crippen LogP contribution is -2.27. The Kier molecular flexibility index (Phi) is 3.36. The van der Waals surface area contributed by atoms with E-state index in [9.17, 15) is 0 Å². The van der Waals surface area contributed by atoms with Crippen molar-refractivity contribution in [3.8, 4) is 11.1 Å². The SMILES string of the molecule is C=CC1=C(C=C)C2(C(C=C)=C1C=C)c1ccccc1-c1ccccc12. The highest BCUT2D eigenvalue weighted by molar-refractivity contribution is 5.90. The summed E-state index contributed by atoms with van der Waals surface area (Å²) in [5.74, 6) is 0. The number of hydrogen-bond donors (Lipinski definition) is 0. The molecule has 4 rings (SSSR count). The molecule has 0 N–H and O–H groups in total. The minimum Gasteiger partial charge on any atom is -0.0987 e. The van der Waals surface area contributed by atoms with Crippen LogP contribution in [0.5, 0.6) is 0 Å². The minimum atomic E-state index is -0.385. The number of fused-ring (bicyclic) bond motifs is 5. The Labute approximate surface area is 149 Å². The van der Waals surface area contributed by atoms with E-state index in [2.05, 4.69) is 74.8 Å². The van der Waals surface area contributed by atoms with Crippen LogP contribution in [0.4, 0.5) is 0 Å². The number of benzene rings is 2. The monoisotopic (exact) mass is 320 g/mol. The van der Waals surface area contributed by atoms with E-state index in [1.807, 2.05) is 24.3 Å². The van der Waals surface area contributed by atoms with Crippen molar-refractivity contribution in [2.24, 2.45) is 0 Å². The Bertz CT molecular complexity index is 924. The third-order valence-corrected chi connectivity index (χ3v) is 5.45. The van der Waals surface area contributed by atoms with Crippen LogP contribution in [0.25, 0.3) is 11.1 Å². The molecule has 0 bridgehead atoms. The Morgan fingerprint density at radius 2 is 0.960 bits per heavy atom. The van der Waals surface area contributed by atoms with Crippen LogP contribution in [0.1, 0.15) is 11.1 Å². The molecule has 0 amide bonds. The van der Waals surface area contributed by atoms with E-state index in [-0.39, 0.29) is 5.41 Å². The first-order chi connectivity index (χ1) is 12.2. The summed E-state index contributed by atoms with van der Waals surface area (Å²) in [6.07, 6.45) is 7.76. The molecule has 120 valence electrons. The third-order valence-electron chi connectivity index (χ3n) is 5.45. The molecule has 0 saturated heterocycles. The van der Waals surface area contributed by atoms with Gasteiger partial charge in [-0.3, -0.25) is 0 Å². The molecule has 2 aromatic carbocycles. The Balaban J connectivity index is 2.27. The summed E-state index contributed by atoms with van der Waals surface area (Å²) < 4.78 is 0. The van der Waals surface area contributed by atoms with Gasteiger partial charge in [-0.25, -0.2) is 0 Å². The molecule has 0 atom stereocenters. The zero-order valence-electron chi connectivity index (χ0n) is 14.3. The maximum Gasteiger partial charge on any atom is 0.0725 e. The lowest BCUT2D eigenvalue weighted by molar-refractivity contribution is 0.780. The van der Waals surface area contributed by atoms with E-state index in [4.69, 9.17) is 0 Å². The average Bonchev–Trinajstić information content (AvgIpc) is 3.12. The van der Waals surface area contributed by atoms with Gasteiger partial charge in [0.05, 0.1) is 5.41 Å². The quantitative estimate of drug-likeness (QED) is 0.620. The predicted molar refractivity (Wildman–Crippen MR) is 107 cm³/mol. The van der Waals surface area contributed by atoms with Crippen LogP contribution in [0, 0.1) is 0 Å². The second-order valence-corrected chi connectivity index (χ2v) is 6.31. The second kappa shape index (κ2) is 5.46. The number of hydrogen-bond acceptors (Lipinski definition) is 0. The fourth-order valence-electron chi connectivity index (χ4n) is 4.62. The highest BCUT2D eigenvalue weighted by Crippen LogP contribution is 2.61. The molecule has 0 saturated carbocycles. The van der Waals surface area contributed by atoms with Crippen molar-refractivity contribution in [1.29, 1.82) is 0 Å². The van der Waals surface area contributed by atoms with Crippen molar-refractivity contribution in [3.05, 3.63) is 133 Å². The van der Waals surface area contributed by atoms with Gasteiger partial charge in [-0.1, -0.05) is 99.2 Å². The summed E-state index contributed by atoms with van der Waals surface area (Å²) in [7, 11) is 0. The van der Waals surface area contributed by atoms with Gasteiger partial charge in [0.2, 0.25) is 0 Å². The summed E-state index contributed by atoms with van der Waals surface area (Å²) >= 11 is 0. The molecule has 0 unspecified atom stereocenters. The Morgan fingerprint density at radius 1 is 0.560 bits per heavy atom. The molecule has 0 radical (unpaired) electrons. The van der Waals surface area contributed by atoms with E-state index < -0.39 is 0 Å². The van der Waals surface area contributed by atoms with Gasteiger partial charge < -0.3 is 0 Å². The van der Waals surface area contributed by atoms with Gasteiger partial charge >= 0.3 is 0 Å². The lowest BCUT2D eigenvalue weighted by atomic mass is 9.68. The summed E-state index contributed by atoms with van der Waals surface area (Å²) in [5, 5.41) is 0. The molecule has 25 heavy (non-hydrogen) atoms. The van der Waals surface area contributed by atoms with E-state index in [1.165, 1.54) is 22.3 Å². The summed E-state index contributed by atoms with van der Waals surface area (Å²) in [6.45, 7) is 16.4. The van der Waals surface area contributed by atoms with Crippen LogP contribution < -0.4 is 0 Å². The first-order valence-corrected chi connectivity index (χ1v) is 8.44. The Morgan fingerprint density at radius 3 is 1.32 bits per heavy atom. The predicted octanol–water partition coefficient (Wildman–Crippen LogP) is 6.30. The fourth-order valence-corrected chi connectivity index (χ4v) is 4.62. The van der Waals surface area contributed by atoms with E-state index >= 15 is 0 Å². The molecule has 0 heterocycles. The number of rotatable bonds is 4. The van der Waals surface area contributed by atoms with Crippen LogP contribution >= 0.6 is 0 Å². The molecule has 0 nitrogen and oxygen atoms in total. The molecule has 2 aliphatic carbocycles. The molecule has 0 heteroatoms. The molecule has 0 aliphatic heterocycles. The van der Waals surface area contributed by atoms with Gasteiger partial charge in [-0.2, -0.15) is 0 Å². The van der Waals surface area contributed by atoms with Gasteiger partial charge in [-0.15, -0.1) is 0 Å².